The summed E-state index contributed by atoms with van der Waals surface area (Å²) < 4.78 is 2.06. The maximum absolute atomic E-state index is 4.96. The van der Waals surface area contributed by atoms with Crippen molar-refractivity contribution in [3.63, 3.8) is 0 Å². The van der Waals surface area contributed by atoms with Gasteiger partial charge in [0.2, 0.25) is 0 Å². The van der Waals surface area contributed by atoms with Gasteiger partial charge in [-0.3, -0.25) is 4.98 Å². The summed E-state index contributed by atoms with van der Waals surface area (Å²) in [6.07, 6.45) is 3.78. The highest BCUT2D eigenvalue weighted by atomic mass is 15.3. The quantitative estimate of drug-likeness (QED) is 0.274. The largest absolute Gasteiger partial charge is 0.264 e. The van der Waals surface area contributed by atoms with E-state index < -0.39 is 0 Å². The Bertz CT molecular complexity index is 1560. The van der Waals surface area contributed by atoms with Gasteiger partial charge in [-0.15, -0.1) is 0 Å². The summed E-state index contributed by atoms with van der Waals surface area (Å²) in [6.45, 7) is 4.28. The molecule has 0 unspecified atom stereocenters. The van der Waals surface area contributed by atoms with Gasteiger partial charge in [0, 0.05) is 34.8 Å². The molecule has 0 bridgehead atoms. The number of nitrogens with zero attached hydrogens (tertiary/aromatic N) is 3. The summed E-state index contributed by atoms with van der Waals surface area (Å²) in [4.78, 5) is 4.41. The van der Waals surface area contributed by atoms with E-state index in [2.05, 4.69) is 102 Å². The fourth-order valence-corrected chi connectivity index (χ4v) is 5.04. The highest BCUT2D eigenvalue weighted by Crippen LogP contribution is 2.45. The van der Waals surface area contributed by atoms with E-state index in [-0.39, 0.29) is 0 Å². The SMILES string of the molecule is Cc1nn(-c2ccccc2)c(C)c1-c1c2ccccc2c(-c2cccnc2)c2ccccc12. The number of fused-ring (bicyclic) bond motifs is 2. The van der Waals surface area contributed by atoms with Crippen LogP contribution in [-0.4, -0.2) is 14.8 Å². The Morgan fingerprint density at radius 1 is 0.576 bits per heavy atom. The van der Waals surface area contributed by atoms with Crippen LogP contribution in [0.15, 0.2) is 103 Å². The first-order valence-corrected chi connectivity index (χ1v) is 11.2. The van der Waals surface area contributed by atoms with Crippen LogP contribution in [0.1, 0.15) is 11.4 Å². The van der Waals surface area contributed by atoms with Crippen LogP contribution in [0.5, 0.6) is 0 Å². The number of benzene rings is 4. The lowest BCUT2D eigenvalue weighted by Crippen LogP contribution is -1.98. The summed E-state index contributed by atoms with van der Waals surface area (Å²) in [5.74, 6) is 0. The Balaban J connectivity index is 1.76. The number of pyridine rings is 1. The monoisotopic (exact) mass is 425 g/mol. The molecule has 6 aromatic rings. The van der Waals surface area contributed by atoms with Crippen LogP contribution >= 0.6 is 0 Å². The van der Waals surface area contributed by atoms with Gasteiger partial charge in [-0.05, 0) is 59.2 Å². The Kier molecular flexibility index (Phi) is 4.55. The van der Waals surface area contributed by atoms with Crippen molar-refractivity contribution in [1.29, 1.82) is 0 Å². The van der Waals surface area contributed by atoms with Gasteiger partial charge in [-0.1, -0.05) is 72.8 Å². The standard InChI is InChI=1S/C30H23N3/c1-20-28(21(2)33(32-20)23-12-4-3-5-13-23)30-26-16-8-6-14-24(26)29(22-11-10-18-31-19-22)25-15-7-9-17-27(25)30/h3-19H,1-2H3. The molecule has 0 aliphatic carbocycles. The third-order valence-electron chi connectivity index (χ3n) is 6.42. The van der Waals surface area contributed by atoms with Gasteiger partial charge in [0.25, 0.3) is 0 Å². The van der Waals surface area contributed by atoms with Crippen LogP contribution in [-0.2, 0) is 0 Å². The second-order valence-electron chi connectivity index (χ2n) is 8.38. The molecule has 0 saturated heterocycles. The second kappa shape index (κ2) is 7.72. The van der Waals surface area contributed by atoms with Crippen molar-refractivity contribution in [2.75, 3.05) is 0 Å². The lowest BCUT2D eigenvalue weighted by atomic mass is 9.86. The minimum atomic E-state index is 1.03. The third kappa shape index (κ3) is 3.05. The molecular formula is C30H23N3. The lowest BCUT2D eigenvalue weighted by molar-refractivity contribution is 0.834. The van der Waals surface area contributed by atoms with Crippen LogP contribution in [0, 0.1) is 13.8 Å². The zero-order chi connectivity index (χ0) is 22.4. The van der Waals surface area contributed by atoms with Gasteiger partial charge in [-0.25, -0.2) is 4.68 Å². The predicted octanol–water partition coefficient (Wildman–Crippen LogP) is 7.52. The average Bonchev–Trinajstić information content (AvgIpc) is 3.17. The number of hydrogen-bond acceptors (Lipinski definition) is 2. The van der Waals surface area contributed by atoms with Gasteiger partial charge in [0.15, 0.2) is 0 Å². The molecule has 158 valence electrons. The summed E-state index contributed by atoms with van der Waals surface area (Å²) in [6, 6.07) is 31.9. The van der Waals surface area contributed by atoms with Gasteiger partial charge < -0.3 is 0 Å². The number of hydrogen-bond donors (Lipinski definition) is 0. The number of aryl methyl sites for hydroxylation is 1. The molecule has 3 nitrogen and oxygen atoms in total. The molecule has 4 aromatic carbocycles. The molecule has 6 rings (SSSR count). The van der Waals surface area contributed by atoms with Crippen LogP contribution in [0.2, 0.25) is 0 Å². The molecule has 0 N–H and O–H groups in total. The minimum absolute atomic E-state index is 1.03. The number of rotatable bonds is 3. The molecule has 2 aromatic heterocycles. The summed E-state index contributed by atoms with van der Waals surface area (Å²) in [7, 11) is 0. The fourth-order valence-electron chi connectivity index (χ4n) is 5.04. The first-order chi connectivity index (χ1) is 16.2. The van der Waals surface area contributed by atoms with Crippen molar-refractivity contribution in [3.05, 3.63) is 115 Å². The van der Waals surface area contributed by atoms with E-state index in [1.165, 1.54) is 38.2 Å². The Hall–Kier alpha value is -4.24. The van der Waals surface area contributed by atoms with Crippen molar-refractivity contribution in [3.8, 4) is 27.9 Å². The van der Waals surface area contributed by atoms with Crippen molar-refractivity contribution >= 4 is 21.5 Å². The van der Waals surface area contributed by atoms with Gasteiger partial charge in [0.1, 0.15) is 0 Å². The van der Waals surface area contributed by atoms with Crippen molar-refractivity contribution in [2.45, 2.75) is 13.8 Å². The van der Waals surface area contributed by atoms with Gasteiger partial charge in [-0.2, -0.15) is 5.10 Å². The highest BCUT2D eigenvalue weighted by Gasteiger charge is 2.21. The normalized spacial score (nSPS) is 11.3. The van der Waals surface area contributed by atoms with E-state index in [9.17, 15) is 0 Å². The molecule has 3 heteroatoms. The van der Waals surface area contributed by atoms with Crippen LogP contribution in [0.3, 0.4) is 0 Å². The molecule has 0 fully saturated rings. The molecule has 0 spiro atoms. The molecule has 0 aliphatic heterocycles. The van der Waals surface area contributed by atoms with E-state index in [0.717, 1.165) is 22.6 Å². The topological polar surface area (TPSA) is 30.7 Å². The Morgan fingerprint density at radius 2 is 1.15 bits per heavy atom. The first kappa shape index (κ1) is 19.4. The van der Waals surface area contributed by atoms with Crippen LogP contribution in [0.25, 0.3) is 49.5 Å². The van der Waals surface area contributed by atoms with E-state index in [1.807, 2.05) is 24.5 Å². The van der Waals surface area contributed by atoms with Crippen LogP contribution in [0.4, 0.5) is 0 Å². The minimum Gasteiger partial charge on any atom is -0.264 e. The van der Waals surface area contributed by atoms with E-state index >= 15 is 0 Å². The first-order valence-electron chi connectivity index (χ1n) is 11.2. The van der Waals surface area contributed by atoms with Crippen molar-refractivity contribution < 1.29 is 0 Å². The third-order valence-corrected chi connectivity index (χ3v) is 6.42. The lowest BCUT2D eigenvalue weighted by Gasteiger charge is -2.17. The molecule has 0 atom stereocenters. The summed E-state index contributed by atoms with van der Waals surface area (Å²) in [5, 5.41) is 9.87. The predicted molar refractivity (Wildman–Crippen MR) is 137 cm³/mol. The van der Waals surface area contributed by atoms with E-state index in [4.69, 9.17) is 5.10 Å². The molecule has 0 saturated carbocycles. The Morgan fingerprint density at radius 3 is 1.73 bits per heavy atom. The fraction of sp³-hybridized carbons (Fsp3) is 0.0667. The Labute approximate surface area is 193 Å². The molecule has 0 amide bonds. The smallest absolute Gasteiger partial charge is 0.0679 e. The number of aromatic nitrogens is 3. The zero-order valence-corrected chi connectivity index (χ0v) is 18.7. The van der Waals surface area contributed by atoms with Crippen LogP contribution < -0.4 is 0 Å². The molecule has 2 heterocycles. The highest BCUT2D eigenvalue weighted by molar-refractivity contribution is 6.21. The summed E-state index contributed by atoms with van der Waals surface area (Å²) >= 11 is 0. The molecular weight excluding hydrogens is 402 g/mol. The zero-order valence-electron chi connectivity index (χ0n) is 18.7. The maximum Gasteiger partial charge on any atom is 0.0679 e. The van der Waals surface area contributed by atoms with E-state index in [0.29, 0.717) is 0 Å². The molecule has 33 heavy (non-hydrogen) atoms. The van der Waals surface area contributed by atoms with Crippen molar-refractivity contribution in [1.82, 2.24) is 14.8 Å². The second-order valence-corrected chi connectivity index (χ2v) is 8.38. The van der Waals surface area contributed by atoms with Crippen molar-refractivity contribution in [2.24, 2.45) is 0 Å². The maximum atomic E-state index is 4.96. The van der Waals surface area contributed by atoms with Gasteiger partial charge >= 0.3 is 0 Å². The average molecular weight is 426 g/mol. The molecule has 0 radical (unpaired) electrons. The van der Waals surface area contributed by atoms with Gasteiger partial charge in [0.05, 0.1) is 11.4 Å². The number of para-hydroxylation sites is 1. The summed E-state index contributed by atoms with van der Waals surface area (Å²) in [5.41, 5.74) is 8.04. The molecule has 0 aliphatic rings. The van der Waals surface area contributed by atoms with E-state index in [1.54, 1.807) is 0 Å².